The van der Waals surface area contributed by atoms with Crippen molar-refractivity contribution < 1.29 is 8.42 Å². The summed E-state index contributed by atoms with van der Waals surface area (Å²) in [5.41, 5.74) is 6.60. The summed E-state index contributed by atoms with van der Waals surface area (Å²) in [6.45, 7) is 2.17. The number of hydrogen-bond donors (Lipinski definition) is 2. The molecule has 0 atom stereocenters. The number of aryl methyl sites for hydroxylation is 1. The largest absolute Gasteiger partial charge is 0.320 e. The summed E-state index contributed by atoms with van der Waals surface area (Å²) in [4.78, 5) is 0.956. The van der Waals surface area contributed by atoms with Crippen molar-refractivity contribution >= 4 is 27.0 Å². The van der Waals surface area contributed by atoms with Crippen molar-refractivity contribution in [2.75, 3.05) is 11.3 Å². The second kappa shape index (κ2) is 6.09. The molecule has 20 heavy (non-hydrogen) atoms. The molecule has 0 amide bonds. The molecule has 0 unspecified atom stereocenters. The minimum absolute atomic E-state index is 0.298. The van der Waals surface area contributed by atoms with Gasteiger partial charge in [0.15, 0.2) is 0 Å². The third kappa shape index (κ3) is 3.61. The molecular formula is C14H14N2O2S2. The Morgan fingerprint density at radius 2 is 1.90 bits per heavy atom. The molecular weight excluding hydrogens is 292 g/mol. The lowest BCUT2D eigenvalue weighted by Crippen LogP contribution is -2.11. The van der Waals surface area contributed by atoms with Crippen LogP contribution in [0.3, 0.4) is 0 Å². The summed E-state index contributed by atoms with van der Waals surface area (Å²) in [5.74, 6) is 5.62. The third-order valence-electron chi connectivity index (χ3n) is 2.45. The highest BCUT2D eigenvalue weighted by atomic mass is 32.2. The van der Waals surface area contributed by atoms with Crippen LogP contribution in [-0.4, -0.2) is 15.0 Å². The molecule has 6 heteroatoms. The van der Waals surface area contributed by atoms with Gasteiger partial charge in [0, 0.05) is 16.1 Å². The van der Waals surface area contributed by atoms with Crippen LogP contribution in [0.15, 0.2) is 40.6 Å². The predicted octanol–water partition coefficient (Wildman–Crippen LogP) is 2.17. The summed E-state index contributed by atoms with van der Waals surface area (Å²) < 4.78 is 27.1. The lowest BCUT2D eigenvalue weighted by Gasteiger charge is -2.06. The van der Waals surface area contributed by atoms with Crippen molar-refractivity contribution in [3.63, 3.8) is 0 Å². The van der Waals surface area contributed by atoms with Gasteiger partial charge < -0.3 is 5.73 Å². The van der Waals surface area contributed by atoms with E-state index in [1.165, 1.54) is 11.3 Å². The standard InChI is InChI=1S/C14H14N2O2S2/c1-11-4-9-14(19-11)20(17,18)16-13-7-5-12(6-8-13)3-2-10-15/h4-9,16H,10,15H2,1H3. The molecule has 0 radical (unpaired) electrons. The summed E-state index contributed by atoms with van der Waals surface area (Å²) >= 11 is 1.24. The number of thiophene rings is 1. The van der Waals surface area contributed by atoms with E-state index in [1.807, 2.05) is 6.92 Å². The Kier molecular flexibility index (Phi) is 4.45. The molecule has 1 aromatic heterocycles. The maximum Gasteiger partial charge on any atom is 0.271 e. The van der Waals surface area contributed by atoms with Crippen LogP contribution in [0, 0.1) is 18.8 Å². The first-order valence-electron chi connectivity index (χ1n) is 5.89. The zero-order chi connectivity index (χ0) is 14.6. The molecule has 1 aromatic carbocycles. The Labute approximate surface area is 122 Å². The van der Waals surface area contributed by atoms with E-state index in [4.69, 9.17) is 5.73 Å². The molecule has 0 aliphatic rings. The highest BCUT2D eigenvalue weighted by molar-refractivity contribution is 7.94. The second-order valence-corrected chi connectivity index (χ2v) is 7.25. The Morgan fingerprint density at radius 1 is 1.20 bits per heavy atom. The Morgan fingerprint density at radius 3 is 2.45 bits per heavy atom. The number of sulfonamides is 1. The van der Waals surface area contributed by atoms with Crippen molar-refractivity contribution in [1.82, 2.24) is 0 Å². The summed E-state index contributed by atoms with van der Waals surface area (Å²) in [6, 6.07) is 10.2. The fourth-order valence-corrected chi connectivity index (χ4v) is 3.88. The van der Waals surface area contributed by atoms with E-state index >= 15 is 0 Å². The van der Waals surface area contributed by atoms with Gasteiger partial charge in [0.25, 0.3) is 10.0 Å². The van der Waals surface area contributed by atoms with Crippen LogP contribution in [0.25, 0.3) is 0 Å². The van der Waals surface area contributed by atoms with E-state index in [0.29, 0.717) is 16.4 Å². The van der Waals surface area contributed by atoms with Gasteiger partial charge in [0.05, 0.1) is 6.54 Å². The summed E-state index contributed by atoms with van der Waals surface area (Å²) in [5, 5.41) is 0. The average Bonchev–Trinajstić information content (AvgIpc) is 2.85. The first kappa shape index (κ1) is 14.6. The van der Waals surface area contributed by atoms with Crippen LogP contribution >= 0.6 is 11.3 Å². The molecule has 0 bridgehead atoms. The van der Waals surface area contributed by atoms with Crippen molar-refractivity contribution in [2.45, 2.75) is 11.1 Å². The fraction of sp³-hybridized carbons (Fsp3) is 0.143. The monoisotopic (exact) mass is 306 g/mol. The van der Waals surface area contributed by atoms with E-state index in [2.05, 4.69) is 16.6 Å². The van der Waals surface area contributed by atoms with Gasteiger partial charge in [-0.3, -0.25) is 4.72 Å². The van der Waals surface area contributed by atoms with Crippen LogP contribution in [-0.2, 0) is 10.0 Å². The van der Waals surface area contributed by atoms with Crippen LogP contribution in [0.2, 0.25) is 0 Å². The smallest absolute Gasteiger partial charge is 0.271 e. The molecule has 0 saturated carbocycles. The van der Waals surface area contributed by atoms with Gasteiger partial charge in [-0.15, -0.1) is 11.3 Å². The molecule has 4 nitrogen and oxygen atoms in total. The lowest BCUT2D eigenvalue weighted by molar-refractivity contribution is 0.603. The Balaban J connectivity index is 2.17. The maximum absolute atomic E-state index is 12.1. The van der Waals surface area contributed by atoms with E-state index in [0.717, 1.165) is 10.4 Å². The molecule has 0 fully saturated rings. The molecule has 0 aliphatic carbocycles. The van der Waals surface area contributed by atoms with Crippen LogP contribution in [0.1, 0.15) is 10.4 Å². The normalized spacial score (nSPS) is 10.7. The summed E-state index contributed by atoms with van der Waals surface area (Å²) in [7, 11) is -3.51. The minimum Gasteiger partial charge on any atom is -0.320 e. The van der Waals surface area contributed by atoms with Gasteiger partial charge in [-0.05, 0) is 43.3 Å². The van der Waals surface area contributed by atoms with Crippen molar-refractivity contribution in [3.05, 3.63) is 46.8 Å². The van der Waals surface area contributed by atoms with Gasteiger partial charge >= 0.3 is 0 Å². The highest BCUT2D eigenvalue weighted by Gasteiger charge is 2.15. The summed E-state index contributed by atoms with van der Waals surface area (Å²) in [6.07, 6.45) is 0. The van der Waals surface area contributed by atoms with E-state index < -0.39 is 10.0 Å². The topological polar surface area (TPSA) is 72.2 Å². The maximum atomic E-state index is 12.1. The van der Waals surface area contributed by atoms with E-state index in [1.54, 1.807) is 36.4 Å². The minimum atomic E-state index is -3.51. The third-order valence-corrected chi connectivity index (χ3v) is 5.33. The number of hydrogen-bond acceptors (Lipinski definition) is 4. The van der Waals surface area contributed by atoms with Crippen LogP contribution in [0.4, 0.5) is 5.69 Å². The molecule has 2 rings (SSSR count). The number of nitrogens with one attached hydrogen (secondary N) is 1. The SMILES string of the molecule is Cc1ccc(S(=O)(=O)Nc2ccc(C#CCN)cc2)s1. The number of nitrogens with two attached hydrogens (primary N) is 1. The molecule has 0 spiro atoms. The quantitative estimate of drug-likeness (QED) is 0.854. The van der Waals surface area contributed by atoms with E-state index in [9.17, 15) is 8.42 Å². The number of benzene rings is 1. The Bertz CT molecular complexity index is 750. The second-order valence-electron chi connectivity index (χ2n) is 4.05. The molecule has 2 aromatic rings. The molecule has 0 saturated heterocycles. The highest BCUT2D eigenvalue weighted by Crippen LogP contribution is 2.23. The van der Waals surface area contributed by atoms with Gasteiger partial charge in [0.2, 0.25) is 0 Å². The number of anilines is 1. The molecule has 104 valence electrons. The first-order chi connectivity index (χ1) is 9.51. The van der Waals surface area contributed by atoms with Gasteiger partial charge in [0.1, 0.15) is 4.21 Å². The van der Waals surface area contributed by atoms with E-state index in [-0.39, 0.29) is 0 Å². The van der Waals surface area contributed by atoms with Crippen molar-refractivity contribution in [1.29, 1.82) is 0 Å². The molecule has 3 N–H and O–H groups in total. The van der Waals surface area contributed by atoms with Gasteiger partial charge in [-0.25, -0.2) is 8.42 Å². The first-order valence-corrected chi connectivity index (χ1v) is 8.19. The van der Waals surface area contributed by atoms with Crippen molar-refractivity contribution in [3.8, 4) is 11.8 Å². The van der Waals surface area contributed by atoms with Crippen LogP contribution in [0.5, 0.6) is 0 Å². The van der Waals surface area contributed by atoms with Gasteiger partial charge in [-0.1, -0.05) is 11.8 Å². The van der Waals surface area contributed by atoms with Crippen molar-refractivity contribution in [2.24, 2.45) is 5.73 Å². The average molecular weight is 306 g/mol. The van der Waals surface area contributed by atoms with Gasteiger partial charge in [-0.2, -0.15) is 0 Å². The molecule has 1 heterocycles. The zero-order valence-electron chi connectivity index (χ0n) is 10.9. The lowest BCUT2D eigenvalue weighted by atomic mass is 10.2. The molecule has 0 aliphatic heterocycles. The number of rotatable bonds is 3. The van der Waals surface area contributed by atoms with Crippen LogP contribution < -0.4 is 10.5 Å². The predicted molar refractivity (Wildman–Crippen MR) is 82.2 cm³/mol. The zero-order valence-corrected chi connectivity index (χ0v) is 12.5. The Hall–Kier alpha value is -1.81. The fourth-order valence-electron chi connectivity index (χ4n) is 1.54.